The summed E-state index contributed by atoms with van der Waals surface area (Å²) in [7, 11) is 0. The van der Waals surface area contributed by atoms with E-state index < -0.39 is 0 Å². The van der Waals surface area contributed by atoms with Crippen molar-refractivity contribution < 1.29 is 13.9 Å². The van der Waals surface area contributed by atoms with E-state index in [-0.39, 0.29) is 17.9 Å². The highest BCUT2D eigenvalue weighted by atomic mass is 19.1. The zero-order valence-electron chi connectivity index (χ0n) is 12.1. The number of benzene rings is 2. The smallest absolute Gasteiger partial charge is 0.338 e. The van der Waals surface area contributed by atoms with Crippen molar-refractivity contribution in [3.8, 4) is 0 Å². The third-order valence-electron chi connectivity index (χ3n) is 2.87. The van der Waals surface area contributed by atoms with Crippen LogP contribution in [-0.2, 0) is 11.3 Å². The SMILES string of the molecule is CC(C)OC(=O)c1ccc(NCc2ccc(F)cc2)cc1. The van der Waals surface area contributed by atoms with Crippen molar-refractivity contribution in [2.24, 2.45) is 0 Å². The highest BCUT2D eigenvalue weighted by Gasteiger charge is 2.08. The molecular formula is C17H18FNO2. The van der Waals surface area contributed by atoms with E-state index in [2.05, 4.69) is 5.32 Å². The molecule has 2 rings (SSSR count). The molecule has 0 saturated heterocycles. The fourth-order valence-corrected chi connectivity index (χ4v) is 1.81. The Morgan fingerprint density at radius 2 is 1.71 bits per heavy atom. The third kappa shape index (κ3) is 4.60. The van der Waals surface area contributed by atoms with Crippen molar-refractivity contribution in [3.63, 3.8) is 0 Å². The molecule has 2 aromatic carbocycles. The fourth-order valence-electron chi connectivity index (χ4n) is 1.81. The molecule has 0 aliphatic carbocycles. The maximum atomic E-state index is 12.8. The summed E-state index contributed by atoms with van der Waals surface area (Å²) in [5.74, 6) is -0.568. The standard InChI is InChI=1S/C17H18FNO2/c1-12(2)21-17(20)14-5-9-16(10-6-14)19-11-13-3-7-15(18)8-4-13/h3-10,12,19H,11H2,1-2H3. The predicted octanol–water partition coefficient (Wildman–Crippen LogP) is 4.00. The number of nitrogens with one attached hydrogen (secondary N) is 1. The summed E-state index contributed by atoms with van der Waals surface area (Å²) in [5.41, 5.74) is 2.40. The lowest BCUT2D eigenvalue weighted by atomic mass is 10.2. The summed E-state index contributed by atoms with van der Waals surface area (Å²) in [4.78, 5) is 11.7. The summed E-state index contributed by atoms with van der Waals surface area (Å²) >= 11 is 0. The summed E-state index contributed by atoms with van der Waals surface area (Å²) < 4.78 is 17.9. The average Bonchev–Trinajstić information content (AvgIpc) is 2.46. The first kappa shape index (κ1) is 15.0. The number of hydrogen-bond donors (Lipinski definition) is 1. The van der Waals surface area contributed by atoms with Gasteiger partial charge in [0.05, 0.1) is 11.7 Å². The Balaban J connectivity index is 1.93. The number of ether oxygens (including phenoxy) is 1. The average molecular weight is 287 g/mol. The first-order valence-electron chi connectivity index (χ1n) is 6.84. The highest BCUT2D eigenvalue weighted by molar-refractivity contribution is 5.89. The van der Waals surface area contributed by atoms with Crippen LogP contribution in [0.5, 0.6) is 0 Å². The quantitative estimate of drug-likeness (QED) is 0.845. The van der Waals surface area contributed by atoms with Gasteiger partial charge >= 0.3 is 5.97 Å². The third-order valence-corrected chi connectivity index (χ3v) is 2.87. The van der Waals surface area contributed by atoms with Crippen LogP contribution in [0.2, 0.25) is 0 Å². The van der Waals surface area contributed by atoms with Crippen LogP contribution in [0.3, 0.4) is 0 Å². The normalized spacial score (nSPS) is 10.5. The molecule has 21 heavy (non-hydrogen) atoms. The largest absolute Gasteiger partial charge is 0.459 e. The predicted molar refractivity (Wildman–Crippen MR) is 80.7 cm³/mol. The van der Waals surface area contributed by atoms with Crippen molar-refractivity contribution in [1.82, 2.24) is 0 Å². The number of esters is 1. The summed E-state index contributed by atoms with van der Waals surface area (Å²) in [6.45, 7) is 4.23. The lowest BCUT2D eigenvalue weighted by Crippen LogP contribution is -2.11. The Hall–Kier alpha value is -2.36. The summed E-state index contributed by atoms with van der Waals surface area (Å²) in [6, 6.07) is 13.4. The molecule has 4 heteroatoms. The van der Waals surface area contributed by atoms with Crippen LogP contribution in [0.15, 0.2) is 48.5 Å². The number of hydrogen-bond acceptors (Lipinski definition) is 3. The van der Waals surface area contributed by atoms with E-state index in [0.29, 0.717) is 12.1 Å². The molecule has 0 heterocycles. The van der Waals surface area contributed by atoms with Gasteiger partial charge in [-0.05, 0) is 55.8 Å². The molecule has 0 spiro atoms. The number of carbonyl (C=O) groups is 1. The lowest BCUT2D eigenvalue weighted by molar-refractivity contribution is 0.0378. The topological polar surface area (TPSA) is 38.3 Å². The van der Waals surface area contributed by atoms with E-state index in [1.807, 2.05) is 26.0 Å². The minimum Gasteiger partial charge on any atom is -0.459 e. The van der Waals surface area contributed by atoms with Crippen LogP contribution in [0.1, 0.15) is 29.8 Å². The fraction of sp³-hybridized carbons (Fsp3) is 0.235. The van der Waals surface area contributed by atoms with Gasteiger partial charge in [-0.3, -0.25) is 0 Å². The van der Waals surface area contributed by atoms with Crippen LogP contribution < -0.4 is 5.32 Å². The van der Waals surface area contributed by atoms with E-state index in [0.717, 1.165) is 11.3 Å². The second-order valence-corrected chi connectivity index (χ2v) is 5.01. The summed E-state index contributed by atoms with van der Waals surface area (Å²) in [6.07, 6.45) is -0.131. The molecule has 2 aromatic rings. The first-order valence-corrected chi connectivity index (χ1v) is 6.84. The molecular weight excluding hydrogens is 269 g/mol. The van der Waals surface area contributed by atoms with Gasteiger partial charge in [0, 0.05) is 12.2 Å². The molecule has 0 amide bonds. The zero-order valence-corrected chi connectivity index (χ0v) is 12.1. The van der Waals surface area contributed by atoms with Gasteiger partial charge in [-0.25, -0.2) is 9.18 Å². The maximum absolute atomic E-state index is 12.8. The Bertz CT molecular complexity index is 591. The van der Waals surface area contributed by atoms with Gasteiger partial charge in [-0.15, -0.1) is 0 Å². The lowest BCUT2D eigenvalue weighted by Gasteiger charge is -2.09. The highest BCUT2D eigenvalue weighted by Crippen LogP contribution is 2.13. The summed E-state index contributed by atoms with van der Waals surface area (Å²) in [5, 5.41) is 3.21. The number of halogens is 1. The van der Waals surface area contributed by atoms with Crippen molar-refractivity contribution in [2.45, 2.75) is 26.5 Å². The Kier molecular flexibility index (Phi) is 4.93. The van der Waals surface area contributed by atoms with Crippen LogP contribution in [0.4, 0.5) is 10.1 Å². The van der Waals surface area contributed by atoms with Crippen molar-refractivity contribution in [2.75, 3.05) is 5.32 Å². The maximum Gasteiger partial charge on any atom is 0.338 e. The van der Waals surface area contributed by atoms with Crippen molar-refractivity contribution in [1.29, 1.82) is 0 Å². The molecule has 0 bridgehead atoms. The second-order valence-electron chi connectivity index (χ2n) is 5.01. The minimum atomic E-state index is -0.324. The monoisotopic (exact) mass is 287 g/mol. The minimum absolute atomic E-state index is 0.131. The van der Waals surface area contributed by atoms with Gasteiger partial charge in [0.1, 0.15) is 5.82 Å². The van der Waals surface area contributed by atoms with Crippen molar-refractivity contribution >= 4 is 11.7 Å². The Labute approximate surface area is 123 Å². The number of carbonyl (C=O) groups excluding carboxylic acids is 1. The molecule has 0 unspecified atom stereocenters. The molecule has 0 fully saturated rings. The molecule has 0 aliphatic heterocycles. The van der Waals surface area contributed by atoms with E-state index in [4.69, 9.17) is 4.74 Å². The van der Waals surface area contributed by atoms with Crippen LogP contribution in [-0.4, -0.2) is 12.1 Å². The van der Waals surface area contributed by atoms with Crippen LogP contribution >= 0.6 is 0 Å². The Morgan fingerprint density at radius 3 is 2.29 bits per heavy atom. The number of anilines is 1. The van der Waals surface area contributed by atoms with E-state index in [1.54, 1.807) is 24.3 Å². The van der Waals surface area contributed by atoms with E-state index >= 15 is 0 Å². The van der Waals surface area contributed by atoms with Gasteiger partial charge in [-0.1, -0.05) is 12.1 Å². The van der Waals surface area contributed by atoms with E-state index in [1.165, 1.54) is 12.1 Å². The molecule has 3 nitrogen and oxygen atoms in total. The molecule has 0 aliphatic rings. The molecule has 0 saturated carbocycles. The number of rotatable bonds is 5. The second kappa shape index (κ2) is 6.88. The molecule has 1 N–H and O–H groups in total. The molecule has 0 radical (unpaired) electrons. The Morgan fingerprint density at radius 1 is 1.10 bits per heavy atom. The van der Waals surface area contributed by atoms with Crippen LogP contribution in [0.25, 0.3) is 0 Å². The van der Waals surface area contributed by atoms with Gasteiger partial charge in [0.25, 0.3) is 0 Å². The molecule has 0 aromatic heterocycles. The van der Waals surface area contributed by atoms with Gasteiger partial charge in [0.15, 0.2) is 0 Å². The molecule has 110 valence electrons. The van der Waals surface area contributed by atoms with Gasteiger partial charge in [-0.2, -0.15) is 0 Å². The van der Waals surface area contributed by atoms with Crippen molar-refractivity contribution in [3.05, 3.63) is 65.5 Å². The zero-order chi connectivity index (χ0) is 15.2. The van der Waals surface area contributed by atoms with Crippen LogP contribution in [0, 0.1) is 5.82 Å². The van der Waals surface area contributed by atoms with Gasteiger partial charge in [0.2, 0.25) is 0 Å². The first-order chi connectivity index (χ1) is 10.0. The van der Waals surface area contributed by atoms with Gasteiger partial charge < -0.3 is 10.1 Å². The van der Waals surface area contributed by atoms with E-state index in [9.17, 15) is 9.18 Å². The molecule has 0 atom stereocenters.